The highest BCUT2D eigenvalue weighted by Crippen LogP contribution is 2.30. The van der Waals surface area contributed by atoms with Gasteiger partial charge in [-0.3, -0.25) is 0 Å². The van der Waals surface area contributed by atoms with Gasteiger partial charge in [0.2, 0.25) is 10.0 Å². The predicted octanol–water partition coefficient (Wildman–Crippen LogP) is -0.241. The van der Waals surface area contributed by atoms with Crippen molar-refractivity contribution >= 4 is 10.0 Å². The molecule has 0 bridgehead atoms. The third-order valence-corrected chi connectivity index (χ3v) is 4.42. The lowest BCUT2D eigenvalue weighted by atomic mass is 10.4. The Balaban J connectivity index is 2.44. The molecule has 0 radical (unpaired) electrons. The molecule has 2 N–H and O–H groups in total. The largest absolute Gasteiger partial charge is 0.330 e. The molecule has 72 valence electrons. The van der Waals surface area contributed by atoms with Crippen LogP contribution in [0.4, 0.5) is 0 Å². The predicted molar refractivity (Wildman–Crippen MR) is 48.2 cm³/mol. The normalized spacial score (nSPS) is 18.6. The molecule has 0 unspecified atom stereocenters. The molecule has 0 spiro atoms. The number of nitrogens with two attached hydrogens (primary N) is 1. The number of nitrogens with zero attached hydrogens (tertiary/aromatic N) is 1. The van der Waals surface area contributed by atoms with Gasteiger partial charge in [0.05, 0.1) is 5.25 Å². The fourth-order valence-corrected chi connectivity index (χ4v) is 2.69. The van der Waals surface area contributed by atoms with Crippen LogP contribution >= 0.6 is 0 Å². The zero-order chi connectivity index (χ0) is 9.19. The summed E-state index contributed by atoms with van der Waals surface area (Å²) < 4.78 is 24.4. The molecule has 1 aliphatic carbocycles. The van der Waals surface area contributed by atoms with E-state index in [0.29, 0.717) is 13.1 Å². The van der Waals surface area contributed by atoms with Crippen LogP contribution in [0.2, 0.25) is 0 Å². The van der Waals surface area contributed by atoms with Crippen LogP contribution in [0.25, 0.3) is 0 Å². The van der Waals surface area contributed by atoms with Crippen molar-refractivity contribution in [2.75, 3.05) is 20.1 Å². The first-order valence-corrected chi connectivity index (χ1v) is 5.74. The van der Waals surface area contributed by atoms with Crippen LogP contribution < -0.4 is 5.73 Å². The Labute approximate surface area is 73.8 Å². The average molecular weight is 192 g/mol. The van der Waals surface area contributed by atoms with Crippen molar-refractivity contribution in [3.05, 3.63) is 0 Å². The van der Waals surface area contributed by atoms with Gasteiger partial charge in [-0.1, -0.05) is 0 Å². The summed E-state index contributed by atoms with van der Waals surface area (Å²) in [6.07, 6.45) is 2.40. The second kappa shape index (κ2) is 3.72. The molecule has 0 aromatic carbocycles. The van der Waals surface area contributed by atoms with Gasteiger partial charge in [0.15, 0.2) is 0 Å². The molecule has 0 heterocycles. The topological polar surface area (TPSA) is 63.4 Å². The molecule has 0 saturated heterocycles. The van der Waals surface area contributed by atoms with E-state index in [9.17, 15) is 8.42 Å². The van der Waals surface area contributed by atoms with Crippen molar-refractivity contribution in [1.29, 1.82) is 0 Å². The quantitative estimate of drug-likeness (QED) is 0.654. The van der Waals surface area contributed by atoms with Gasteiger partial charge in [-0.25, -0.2) is 12.7 Å². The summed E-state index contributed by atoms with van der Waals surface area (Å²) >= 11 is 0. The zero-order valence-corrected chi connectivity index (χ0v) is 8.18. The molecular formula is C7H16N2O2S. The third-order valence-electron chi connectivity index (χ3n) is 2.06. The summed E-state index contributed by atoms with van der Waals surface area (Å²) in [6.45, 7) is 1.10. The SMILES string of the molecule is CN(CCCN)S(=O)(=O)C1CC1. The fourth-order valence-electron chi connectivity index (χ4n) is 1.06. The van der Waals surface area contributed by atoms with Crippen molar-refractivity contribution < 1.29 is 8.42 Å². The van der Waals surface area contributed by atoms with Crippen LogP contribution in [0.1, 0.15) is 19.3 Å². The maximum Gasteiger partial charge on any atom is 0.216 e. The first-order chi connectivity index (χ1) is 5.59. The van der Waals surface area contributed by atoms with Crippen LogP contribution in [-0.2, 0) is 10.0 Å². The van der Waals surface area contributed by atoms with E-state index >= 15 is 0 Å². The fraction of sp³-hybridized carbons (Fsp3) is 1.00. The second-order valence-corrected chi connectivity index (χ2v) is 5.53. The Morgan fingerprint density at radius 3 is 2.50 bits per heavy atom. The van der Waals surface area contributed by atoms with Crippen molar-refractivity contribution in [2.24, 2.45) is 5.73 Å². The summed E-state index contributed by atoms with van der Waals surface area (Å²) in [7, 11) is -1.33. The van der Waals surface area contributed by atoms with Gasteiger partial charge in [0, 0.05) is 13.6 Å². The molecular weight excluding hydrogens is 176 g/mol. The Kier molecular flexibility index (Phi) is 3.09. The molecule has 1 aliphatic rings. The minimum absolute atomic E-state index is 0.0970. The highest BCUT2D eigenvalue weighted by atomic mass is 32.2. The van der Waals surface area contributed by atoms with Crippen molar-refractivity contribution in [3.8, 4) is 0 Å². The third kappa shape index (κ3) is 2.18. The number of hydrogen-bond donors (Lipinski definition) is 1. The van der Waals surface area contributed by atoms with Crippen molar-refractivity contribution in [3.63, 3.8) is 0 Å². The van der Waals surface area contributed by atoms with E-state index in [4.69, 9.17) is 5.73 Å². The van der Waals surface area contributed by atoms with E-state index in [1.54, 1.807) is 7.05 Å². The minimum Gasteiger partial charge on any atom is -0.330 e. The van der Waals surface area contributed by atoms with Gasteiger partial charge in [-0.05, 0) is 25.8 Å². The Morgan fingerprint density at radius 2 is 2.08 bits per heavy atom. The van der Waals surface area contributed by atoms with Gasteiger partial charge in [-0.2, -0.15) is 0 Å². The van der Waals surface area contributed by atoms with E-state index in [1.807, 2.05) is 0 Å². The van der Waals surface area contributed by atoms with Crippen LogP contribution in [-0.4, -0.2) is 38.1 Å². The lowest BCUT2D eigenvalue weighted by Gasteiger charge is -2.15. The van der Waals surface area contributed by atoms with Gasteiger partial charge in [0.1, 0.15) is 0 Å². The first kappa shape index (κ1) is 9.95. The first-order valence-electron chi connectivity index (χ1n) is 4.24. The molecule has 1 rings (SSSR count). The molecule has 4 nitrogen and oxygen atoms in total. The lowest BCUT2D eigenvalue weighted by molar-refractivity contribution is 0.462. The van der Waals surface area contributed by atoms with E-state index in [1.165, 1.54) is 4.31 Å². The average Bonchev–Trinajstić information content (AvgIpc) is 2.81. The van der Waals surface area contributed by atoms with Gasteiger partial charge in [-0.15, -0.1) is 0 Å². The molecule has 12 heavy (non-hydrogen) atoms. The Hall–Kier alpha value is -0.130. The second-order valence-electron chi connectivity index (χ2n) is 3.21. The summed E-state index contributed by atoms with van der Waals surface area (Å²) in [5, 5.41) is -0.0970. The summed E-state index contributed by atoms with van der Waals surface area (Å²) in [6, 6.07) is 0. The van der Waals surface area contributed by atoms with Crippen molar-refractivity contribution in [1.82, 2.24) is 4.31 Å². The highest BCUT2D eigenvalue weighted by molar-refractivity contribution is 7.90. The maximum absolute atomic E-state index is 11.5. The molecule has 0 aromatic heterocycles. The summed E-state index contributed by atoms with van der Waals surface area (Å²) in [4.78, 5) is 0. The number of sulfonamides is 1. The molecule has 0 amide bonds. The smallest absolute Gasteiger partial charge is 0.216 e. The van der Waals surface area contributed by atoms with E-state index in [-0.39, 0.29) is 5.25 Å². The number of rotatable bonds is 5. The molecule has 0 aromatic rings. The Bertz CT molecular complexity index is 234. The molecule has 5 heteroatoms. The van der Waals surface area contributed by atoms with Crippen molar-refractivity contribution in [2.45, 2.75) is 24.5 Å². The van der Waals surface area contributed by atoms with E-state index < -0.39 is 10.0 Å². The molecule has 1 saturated carbocycles. The minimum atomic E-state index is -2.96. The van der Waals surface area contributed by atoms with Crippen LogP contribution in [0.5, 0.6) is 0 Å². The standard InChI is InChI=1S/C7H16N2O2S/c1-9(6-2-5-8)12(10,11)7-3-4-7/h7H,2-6,8H2,1H3. The highest BCUT2D eigenvalue weighted by Gasteiger charge is 2.38. The van der Waals surface area contributed by atoms with Gasteiger partial charge >= 0.3 is 0 Å². The molecule has 1 fully saturated rings. The summed E-state index contributed by atoms with van der Waals surface area (Å²) in [5.41, 5.74) is 5.29. The van der Waals surface area contributed by atoms with Crippen LogP contribution in [0.15, 0.2) is 0 Å². The molecule has 0 aliphatic heterocycles. The van der Waals surface area contributed by atoms with Crippen LogP contribution in [0.3, 0.4) is 0 Å². The molecule has 0 atom stereocenters. The monoisotopic (exact) mass is 192 g/mol. The summed E-state index contributed by atoms with van der Waals surface area (Å²) in [5.74, 6) is 0. The zero-order valence-electron chi connectivity index (χ0n) is 7.36. The van der Waals surface area contributed by atoms with E-state index in [2.05, 4.69) is 0 Å². The Morgan fingerprint density at radius 1 is 1.50 bits per heavy atom. The van der Waals surface area contributed by atoms with Crippen LogP contribution in [0, 0.1) is 0 Å². The maximum atomic E-state index is 11.5. The van der Waals surface area contributed by atoms with Gasteiger partial charge < -0.3 is 5.73 Å². The van der Waals surface area contributed by atoms with Gasteiger partial charge in [0.25, 0.3) is 0 Å². The lowest BCUT2D eigenvalue weighted by Crippen LogP contribution is -2.31. The number of hydrogen-bond acceptors (Lipinski definition) is 3. The van der Waals surface area contributed by atoms with E-state index in [0.717, 1.165) is 19.3 Å².